The number of rotatable bonds is 11. The van der Waals surface area contributed by atoms with Crippen molar-refractivity contribution in [1.29, 1.82) is 0 Å². The maximum atomic E-state index is 14.3. The molecule has 208 valence electrons. The molecule has 0 saturated carbocycles. The Balaban J connectivity index is 2.57. The van der Waals surface area contributed by atoms with E-state index < -0.39 is 23.8 Å². The van der Waals surface area contributed by atoms with Crippen LogP contribution in [0.25, 0.3) is 0 Å². The molecule has 0 aliphatic rings. The van der Waals surface area contributed by atoms with E-state index in [2.05, 4.69) is 10.6 Å². The van der Waals surface area contributed by atoms with Crippen molar-refractivity contribution in [3.63, 3.8) is 0 Å². The summed E-state index contributed by atoms with van der Waals surface area (Å²) in [6.07, 6.45) is 2.34. The number of thioether (sulfide) groups is 1. The minimum absolute atomic E-state index is 0.271. The molecule has 3 amide bonds. The number of hydrogen-bond acceptors (Lipinski definition) is 5. The number of ether oxygens (including phenoxy) is 1. The highest BCUT2D eigenvalue weighted by Gasteiger charge is 2.39. The maximum absolute atomic E-state index is 14.3. The molecule has 0 aromatic heterocycles. The predicted molar refractivity (Wildman–Crippen MR) is 156 cm³/mol. The normalized spacial score (nSPS) is 13.7. The summed E-state index contributed by atoms with van der Waals surface area (Å²) < 4.78 is 5.46. The van der Waals surface area contributed by atoms with Gasteiger partial charge in [0.05, 0.1) is 0 Å². The van der Waals surface area contributed by atoms with E-state index in [-0.39, 0.29) is 17.9 Å². The molecule has 0 radical (unpaired) electrons. The van der Waals surface area contributed by atoms with E-state index in [1.165, 1.54) is 0 Å². The average molecular weight is 542 g/mol. The number of alkyl carbamates (subject to hydrolysis) is 1. The quantitative estimate of drug-likeness (QED) is 0.351. The Bertz CT molecular complexity index is 1100. The minimum atomic E-state index is -0.893. The number of anilines is 1. The summed E-state index contributed by atoms with van der Waals surface area (Å²) in [7, 11) is 0. The lowest BCUT2D eigenvalue weighted by Gasteiger charge is -2.38. The molecule has 38 heavy (non-hydrogen) atoms. The second-order valence-electron chi connectivity index (χ2n) is 10.5. The van der Waals surface area contributed by atoms with Crippen LogP contribution in [0.2, 0.25) is 0 Å². The predicted octanol–water partition coefficient (Wildman–Crippen LogP) is 6.26. The molecule has 2 rings (SSSR count). The molecule has 2 aromatic rings. The van der Waals surface area contributed by atoms with E-state index in [1.54, 1.807) is 37.4 Å². The van der Waals surface area contributed by atoms with Gasteiger partial charge in [0.15, 0.2) is 0 Å². The Labute approximate surface area is 232 Å². The highest BCUT2D eigenvalue weighted by Crippen LogP contribution is 2.30. The van der Waals surface area contributed by atoms with Crippen molar-refractivity contribution in [1.82, 2.24) is 10.2 Å². The van der Waals surface area contributed by atoms with Gasteiger partial charge in [-0.1, -0.05) is 49.4 Å². The summed E-state index contributed by atoms with van der Waals surface area (Å²) in [6, 6.07) is 13.2. The lowest BCUT2D eigenvalue weighted by Crippen LogP contribution is -2.55. The van der Waals surface area contributed by atoms with Gasteiger partial charge in [-0.15, -0.1) is 0 Å². The van der Waals surface area contributed by atoms with Crippen molar-refractivity contribution in [2.45, 2.75) is 85.0 Å². The highest BCUT2D eigenvalue weighted by atomic mass is 32.2. The molecule has 2 aromatic carbocycles. The summed E-state index contributed by atoms with van der Waals surface area (Å²) in [4.78, 5) is 42.6. The Morgan fingerprint density at radius 3 is 2.16 bits per heavy atom. The van der Waals surface area contributed by atoms with Crippen LogP contribution in [0.1, 0.15) is 70.2 Å². The van der Waals surface area contributed by atoms with Crippen LogP contribution in [0.5, 0.6) is 0 Å². The standard InChI is InChI=1S/C30H43N3O4S/c1-9-22(4)33(28(35)25(18-19-38-8)32-29(36)37-30(5,6)7)26(23-16-12-10-14-20(23)2)27(34)31-24-17-13-11-15-21(24)3/h10-17,22,25-26H,9,18-19H2,1-8H3,(H,31,34)(H,32,36). The molecule has 0 aliphatic carbocycles. The fraction of sp³-hybridized carbons (Fsp3) is 0.500. The molecule has 0 aliphatic heterocycles. The molecule has 0 saturated heterocycles. The zero-order valence-corrected chi connectivity index (χ0v) is 24.8. The third-order valence-corrected chi connectivity index (χ3v) is 6.98. The van der Waals surface area contributed by atoms with Crippen molar-refractivity contribution in [3.8, 4) is 0 Å². The topological polar surface area (TPSA) is 87.7 Å². The highest BCUT2D eigenvalue weighted by molar-refractivity contribution is 7.98. The van der Waals surface area contributed by atoms with Gasteiger partial charge in [-0.2, -0.15) is 11.8 Å². The number of para-hydroxylation sites is 1. The van der Waals surface area contributed by atoms with Crippen molar-refractivity contribution in [2.75, 3.05) is 17.3 Å². The van der Waals surface area contributed by atoms with E-state index in [4.69, 9.17) is 4.74 Å². The summed E-state index contributed by atoms with van der Waals surface area (Å²) in [5.41, 5.74) is 2.56. The Hall–Kier alpha value is -3.00. The SMILES string of the molecule is CCC(C)N(C(=O)C(CCSC)NC(=O)OC(C)(C)C)C(C(=O)Nc1ccccc1C)c1ccccc1C. The van der Waals surface area contributed by atoms with Crippen molar-refractivity contribution < 1.29 is 19.1 Å². The number of benzene rings is 2. The monoisotopic (exact) mass is 541 g/mol. The zero-order valence-electron chi connectivity index (χ0n) is 24.0. The van der Waals surface area contributed by atoms with Gasteiger partial charge in [0.25, 0.3) is 5.91 Å². The van der Waals surface area contributed by atoms with Gasteiger partial charge in [-0.25, -0.2) is 4.79 Å². The molecular formula is C30H43N3O4S. The number of carbonyl (C=O) groups excluding carboxylic acids is 3. The van der Waals surface area contributed by atoms with Crippen LogP contribution < -0.4 is 10.6 Å². The van der Waals surface area contributed by atoms with Crippen molar-refractivity contribution >= 4 is 35.4 Å². The summed E-state index contributed by atoms with van der Waals surface area (Å²) in [5.74, 6) is 0.0425. The van der Waals surface area contributed by atoms with Crippen molar-refractivity contribution in [3.05, 3.63) is 65.2 Å². The van der Waals surface area contributed by atoms with Gasteiger partial charge in [-0.05, 0) is 89.1 Å². The van der Waals surface area contributed by atoms with E-state index in [9.17, 15) is 14.4 Å². The van der Waals surface area contributed by atoms with Crippen molar-refractivity contribution in [2.24, 2.45) is 0 Å². The van der Waals surface area contributed by atoms with Crippen LogP contribution in [-0.2, 0) is 14.3 Å². The molecule has 8 heteroatoms. The number of nitrogens with one attached hydrogen (secondary N) is 2. The Kier molecular flexibility index (Phi) is 11.7. The molecule has 7 nitrogen and oxygen atoms in total. The first-order valence-electron chi connectivity index (χ1n) is 13.1. The number of aryl methyl sites for hydroxylation is 2. The minimum Gasteiger partial charge on any atom is -0.444 e. The first-order chi connectivity index (χ1) is 17.9. The van der Waals surface area contributed by atoms with E-state index in [0.29, 0.717) is 24.3 Å². The van der Waals surface area contributed by atoms with Gasteiger partial charge in [0, 0.05) is 11.7 Å². The summed E-state index contributed by atoms with van der Waals surface area (Å²) in [6.45, 7) is 13.1. The molecule has 0 spiro atoms. The summed E-state index contributed by atoms with van der Waals surface area (Å²) in [5, 5.41) is 5.84. The number of carbonyl (C=O) groups is 3. The lowest BCUT2D eigenvalue weighted by molar-refractivity contribution is -0.143. The Morgan fingerprint density at radius 2 is 1.61 bits per heavy atom. The van der Waals surface area contributed by atoms with Gasteiger partial charge in [-0.3, -0.25) is 9.59 Å². The van der Waals surface area contributed by atoms with Crippen LogP contribution in [0.15, 0.2) is 48.5 Å². The van der Waals surface area contributed by atoms with E-state index >= 15 is 0 Å². The van der Waals surface area contributed by atoms with E-state index in [1.807, 2.05) is 82.5 Å². The van der Waals surface area contributed by atoms with Crippen LogP contribution >= 0.6 is 11.8 Å². The number of amides is 3. The van der Waals surface area contributed by atoms with Crippen LogP contribution in [0, 0.1) is 13.8 Å². The Morgan fingerprint density at radius 1 is 1.00 bits per heavy atom. The van der Waals surface area contributed by atoms with Gasteiger partial charge in [0.1, 0.15) is 17.7 Å². The van der Waals surface area contributed by atoms with Crippen LogP contribution in [-0.4, -0.2) is 52.5 Å². The molecule has 0 bridgehead atoms. The number of hydrogen-bond donors (Lipinski definition) is 2. The van der Waals surface area contributed by atoms with Gasteiger partial charge in [0.2, 0.25) is 5.91 Å². The first-order valence-corrected chi connectivity index (χ1v) is 14.5. The third-order valence-electron chi connectivity index (χ3n) is 6.33. The zero-order chi connectivity index (χ0) is 28.5. The lowest BCUT2D eigenvalue weighted by atomic mass is 9.95. The smallest absolute Gasteiger partial charge is 0.408 e. The fourth-order valence-electron chi connectivity index (χ4n) is 4.14. The molecule has 2 N–H and O–H groups in total. The van der Waals surface area contributed by atoms with Crippen LogP contribution in [0.4, 0.5) is 10.5 Å². The molecule has 0 heterocycles. The van der Waals surface area contributed by atoms with E-state index in [0.717, 1.165) is 16.7 Å². The largest absolute Gasteiger partial charge is 0.444 e. The molecule has 3 unspecified atom stereocenters. The average Bonchev–Trinajstić information content (AvgIpc) is 2.85. The van der Waals surface area contributed by atoms with Gasteiger partial charge < -0.3 is 20.3 Å². The second-order valence-corrected chi connectivity index (χ2v) is 11.5. The molecular weight excluding hydrogens is 498 g/mol. The van der Waals surface area contributed by atoms with Crippen LogP contribution in [0.3, 0.4) is 0 Å². The fourth-order valence-corrected chi connectivity index (χ4v) is 4.62. The maximum Gasteiger partial charge on any atom is 0.408 e. The molecule has 3 atom stereocenters. The summed E-state index contributed by atoms with van der Waals surface area (Å²) >= 11 is 1.59. The second kappa shape index (κ2) is 14.2. The first kappa shape index (κ1) is 31.2. The number of nitrogens with zero attached hydrogens (tertiary/aromatic N) is 1. The third kappa shape index (κ3) is 8.79. The molecule has 0 fully saturated rings. The van der Waals surface area contributed by atoms with Gasteiger partial charge >= 0.3 is 6.09 Å².